The van der Waals surface area contributed by atoms with Gasteiger partial charge in [0.2, 0.25) is 0 Å². The number of esters is 1. The third-order valence-corrected chi connectivity index (χ3v) is 2.98. The van der Waals surface area contributed by atoms with Crippen LogP contribution in [0.3, 0.4) is 0 Å². The first kappa shape index (κ1) is 12.9. The lowest BCUT2D eigenvalue weighted by molar-refractivity contribution is -0.145. The van der Waals surface area contributed by atoms with Gasteiger partial charge >= 0.3 is 5.97 Å². The molecule has 4 nitrogen and oxygen atoms in total. The van der Waals surface area contributed by atoms with E-state index < -0.39 is 0 Å². The van der Waals surface area contributed by atoms with E-state index in [-0.39, 0.29) is 5.97 Å². The highest BCUT2D eigenvalue weighted by molar-refractivity contribution is 5.69. The lowest BCUT2D eigenvalue weighted by Crippen LogP contribution is -2.17. The Labute approximate surface area is 107 Å². The van der Waals surface area contributed by atoms with E-state index in [1.54, 1.807) is 0 Å². The smallest absolute Gasteiger partial charge is 0.306 e. The van der Waals surface area contributed by atoms with Gasteiger partial charge in [0.05, 0.1) is 0 Å². The molecule has 0 saturated carbocycles. The van der Waals surface area contributed by atoms with Crippen molar-refractivity contribution in [1.29, 1.82) is 0 Å². The Bertz CT molecular complexity index is 361. The molecule has 1 saturated heterocycles. The molecule has 0 spiro atoms. The Morgan fingerprint density at radius 3 is 2.83 bits per heavy atom. The fourth-order valence-electron chi connectivity index (χ4n) is 2.02. The van der Waals surface area contributed by atoms with Crippen LogP contribution in [0.25, 0.3) is 0 Å². The Balaban J connectivity index is 1.56. The number of carbonyl (C=O) groups excluding carboxylic acids is 1. The van der Waals surface area contributed by atoms with E-state index in [0.717, 1.165) is 25.3 Å². The van der Waals surface area contributed by atoms with Crippen molar-refractivity contribution in [2.45, 2.75) is 12.8 Å². The molecule has 0 bridgehead atoms. The highest BCUT2D eigenvalue weighted by Crippen LogP contribution is 2.12. The second-order valence-corrected chi connectivity index (χ2v) is 4.44. The number of hydrogen-bond acceptors (Lipinski definition) is 4. The molecule has 0 amide bonds. The van der Waals surface area contributed by atoms with Crippen molar-refractivity contribution in [3.63, 3.8) is 0 Å². The van der Waals surface area contributed by atoms with Crippen LogP contribution < -0.4 is 10.1 Å². The number of benzene rings is 1. The number of hydrogen-bond donors (Lipinski definition) is 1. The van der Waals surface area contributed by atoms with Crippen molar-refractivity contribution in [2.75, 3.05) is 26.3 Å². The number of ether oxygens (including phenoxy) is 2. The van der Waals surface area contributed by atoms with Gasteiger partial charge < -0.3 is 14.8 Å². The first-order valence-electron chi connectivity index (χ1n) is 6.39. The summed E-state index contributed by atoms with van der Waals surface area (Å²) in [6.45, 7) is 2.65. The number of carbonyl (C=O) groups is 1. The quantitative estimate of drug-likeness (QED) is 0.614. The fourth-order valence-corrected chi connectivity index (χ4v) is 2.02. The molecule has 1 fully saturated rings. The molecule has 0 radical (unpaired) electrons. The zero-order valence-electron chi connectivity index (χ0n) is 10.4. The topological polar surface area (TPSA) is 47.6 Å². The van der Waals surface area contributed by atoms with Gasteiger partial charge in [-0.3, -0.25) is 4.79 Å². The second-order valence-electron chi connectivity index (χ2n) is 4.44. The molecule has 18 heavy (non-hydrogen) atoms. The molecular weight excluding hydrogens is 230 g/mol. The largest absolute Gasteiger partial charge is 0.490 e. The molecule has 1 N–H and O–H groups in total. The van der Waals surface area contributed by atoms with E-state index in [2.05, 4.69) is 5.32 Å². The zero-order chi connectivity index (χ0) is 12.6. The average molecular weight is 249 g/mol. The van der Waals surface area contributed by atoms with Crippen LogP contribution in [0.1, 0.15) is 12.8 Å². The van der Waals surface area contributed by atoms with Gasteiger partial charge in [-0.25, -0.2) is 0 Å². The van der Waals surface area contributed by atoms with Gasteiger partial charge in [0.25, 0.3) is 0 Å². The molecule has 2 rings (SSSR count). The summed E-state index contributed by atoms with van der Waals surface area (Å²) in [5.74, 6) is 1.11. The molecular formula is C14H19NO3. The van der Waals surface area contributed by atoms with Crippen LogP contribution in [0.2, 0.25) is 0 Å². The Hall–Kier alpha value is -1.55. The summed E-state index contributed by atoms with van der Waals surface area (Å²) in [6, 6.07) is 9.52. The molecule has 98 valence electrons. The maximum absolute atomic E-state index is 11.5. The second kappa shape index (κ2) is 7.01. The lowest BCUT2D eigenvalue weighted by Gasteiger charge is -2.09. The van der Waals surface area contributed by atoms with E-state index in [9.17, 15) is 4.79 Å². The number of nitrogens with one attached hydrogen (secondary N) is 1. The molecule has 0 aliphatic carbocycles. The van der Waals surface area contributed by atoms with E-state index in [4.69, 9.17) is 9.47 Å². The maximum atomic E-state index is 11.5. The summed E-state index contributed by atoms with van der Waals surface area (Å²) in [5.41, 5.74) is 0. The Morgan fingerprint density at radius 1 is 1.28 bits per heavy atom. The van der Waals surface area contributed by atoms with Crippen molar-refractivity contribution in [1.82, 2.24) is 5.32 Å². The zero-order valence-corrected chi connectivity index (χ0v) is 10.4. The molecule has 4 heteroatoms. The van der Waals surface area contributed by atoms with Crippen LogP contribution in [0, 0.1) is 5.92 Å². The predicted octanol–water partition coefficient (Wildman–Crippen LogP) is 1.61. The van der Waals surface area contributed by atoms with Gasteiger partial charge in [-0.1, -0.05) is 18.2 Å². The van der Waals surface area contributed by atoms with Crippen molar-refractivity contribution < 1.29 is 14.3 Å². The van der Waals surface area contributed by atoms with Crippen molar-refractivity contribution in [3.05, 3.63) is 30.3 Å². The molecule has 1 atom stereocenters. The van der Waals surface area contributed by atoms with Gasteiger partial charge in [0.1, 0.15) is 19.0 Å². The molecule has 1 aromatic rings. The Kier molecular flexibility index (Phi) is 5.02. The monoisotopic (exact) mass is 249 g/mol. The lowest BCUT2D eigenvalue weighted by atomic mass is 10.1. The van der Waals surface area contributed by atoms with Crippen LogP contribution in [-0.4, -0.2) is 32.3 Å². The van der Waals surface area contributed by atoms with E-state index in [1.807, 2.05) is 30.3 Å². The summed E-state index contributed by atoms with van der Waals surface area (Å²) in [6.07, 6.45) is 1.58. The molecule has 0 aromatic heterocycles. The van der Waals surface area contributed by atoms with Gasteiger partial charge in [-0.15, -0.1) is 0 Å². The van der Waals surface area contributed by atoms with Gasteiger partial charge in [0.15, 0.2) is 0 Å². The van der Waals surface area contributed by atoms with E-state index in [1.165, 1.54) is 0 Å². The summed E-state index contributed by atoms with van der Waals surface area (Å²) < 4.78 is 10.6. The van der Waals surface area contributed by atoms with Gasteiger partial charge in [-0.2, -0.15) is 0 Å². The summed E-state index contributed by atoms with van der Waals surface area (Å²) in [4.78, 5) is 11.5. The van der Waals surface area contributed by atoms with Crippen LogP contribution in [0.5, 0.6) is 5.75 Å². The molecule has 1 heterocycles. The fraction of sp³-hybridized carbons (Fsp3) is 0.500. The van der Waals surface area contributed by atoms with Crippen molar-refractivity contribution in [3.8, 4) is 5.75 Å². The van der Waals surface area contributed by atoms with E-state index in [0.29, 0.717) is 25.6 Å². The average Bonchev–Trinajstić information content (AvgIpc) is 2.89. The normalized spacial score (nSPS) is 18.6. The van der Waals surface area contributed by atoms with Crippen LogP contribution >= 0.6 is 0 Å². The van der Waals surface area contributed by atoms with Gasteiger partial charge in [0, 0.05) is 6.42 Å². The number of para-hydroxylation sites is 1. The van der Waals surface area contributed by atoms with E-state index >= 15 is 0 Å². The van der Waals surface area contributed by atoms with Crippen molar-refractivity contribution in [2.24, 2.45) is 5.92 Å². The molecule has 1 unspecified atom stereocenters. The SMILES string of the molecule is O=C(CC1CCNC1)OCCOc1ccccc1. The standard InChI is InChI=1S/C14H19NO3/c16-14(10-12-6-7-15-11-12)18-9-8-17-13-4-2-1-3-5-13/h1-5,12,15H,6-11H2. The molecule has 1 aliphatic heterocycles. The van der Waals surface area contributed by atoms with Crippen LogP contribution in [0.15, 0.2) is 30.3 Å². The minimum absolute atomic E-state index is 0.125. The first-order chi connectivity index (χ1) is 8.84. The summed E-state index contributed by atoms with van der Waals surface area (Å²) >= 11 is 0. The summed E-state index contributed by atoms with van der Waals surface area (Å²) in [5, 5.41) is 3.23. The molecule has 1 aromatic carbocycles. The first-order valence-corrected chi connectivity index (χ1v) is 6.39. The maximum Gasteiger partial charge on any atom is 0.306 e. The highest BCUT2D eigenvalue weighted by Gasteiger charge is 2.18. The van der Waals surface area contributed by atoms with Crippen molar-refractivity contribution >= 4 is 5.97 Å². The highest BCUT2D eigenvalue weighted by atomic mass is 16.6. The van der Waals surface area contributed by atoms with Gasteiger partial charge in [-0.05, 0) is 37.6 Å². The third-order valence-electron chi connectivity index (χ3n) is 2.98. The molecule has 1 aliphatic rings. The minimum Gasteiger partial charge on any atom is -0.490 e. The van der Waals surface area contributed by atoms with Crippen LogP contribution in [0.4, 0.5) is 0 Å². The Morgan fingerprint density at radius 2 is 2.11 bits per heavy atom. The summed E-state index contributed by atoms with van der Waals surface area (Å²) in [7, 11) is 0. The minimum atomic E-state index is -0.125. The third kappa shape index (κ3) is 4.37. The van der Waals surface area contributed by atoms with Crippen LogP contribution in [-0.2, 0) is 9.53 Å². The number of rotatable bonds is 6. The predicted molar refractivity (Wildman–Crippen MR) is 68.5 cm³/mol.